The molecule has 0 aromatic rings. The first-order chi connectivity index (χ1) is 9.19. The molecule has 2 saturated heterocycles. The van der Waals surface area contributed by atoms with Crippen LogP contribution in [0.25, 0.3) is 0 Å². The summed E-state index contributed by atoms with van der Waals surface area (Å²) in [6.07, 6.45) is 4.26. The van der Waals surface area contributed by atoms with Crippen molar-refractivity contribution in [1.29, 1.82) is 0 Å². The smallest absolute Gasteiger partial charge is 0.328 e. The molecule has 0 bridgehead atoms. The van der Waals surface area contributed by atoms with E-state index in [1.807, 2.05) is 6.92 Å². The Kier molecular flexibility index (Phi) is 4.80. The highest BCUT2D eigenvalue weighted by Gasteiger charge is 2.40. The van der Waals surface area contributed by atoms with Crippen LogP contribution in [0.3, 0.4) is 0 Å². The number of hydrogen-bond donors (Lipinski definition) is 0. The highest BCUT2D eigenvalue weighted by Crippen LogP contribution is 2.28. The number of amides is 1. The molecule has 3 atom stereocenters. The summed E-state index contributed by atoms with van der Waals surface area (Å²) in [5.74, 6) is -0.310. The zero-order valence-electron chi connectivity index (χ0n) is 11.8. The van der Waals surface area contributed by atoms with Crippen LogP contribution in [-0.4, -0.2) is 49.2 Å². The quantitative estimate of drug-likeness (QED) is 0.726. The number of carbonyl (C=O) groups excluding carboxylic acids is 2. The van der Waals surface area contributed by atoms with E-state index in [0.29, 0.717) is 19.6 Å². The lowest BCUT2D eigenvalue weighted by atomic mass is 9.94. The SMILES string of the molecule is CCC1OCCC1C(=O)N1CCCC[C@@H]1C(=O)OC. The van der Waals surface area contributed by atoms with Gasteiger partial charge in [0.25, 0.3) is 0 Å². The summed E-state index contributed by atoms with van der Waals surface area (Å²) in [7, 11) is 1.38. The average molecular weight is 269 g/mol. The molecule has 5 nitrogen and oxygen atoms in total. The second-order valence-corrected chi connectivity index (χ2v) is 5.28. The Balaban J connectivity index is 2.09. The van der Waals surface area contributed by atoms with E-state index >= 15 is 0 Å². The van der Waals surface area contributed by atoms with Gasteiger partial charge in [-0.1, -0.05) is 6.92 Å². The normalized spacial score (nSPS) is 31.3. The van der Waals surface area contributed by atoms with E-state index in [2.05, 4.69) is 0 Å². The average Bonchev–Trinajstić information content (AvgIpc) is 2.94. The molecule has 2 aliphatic rings. The summed E-state index contributed by atoms with van der Waals surface area (Å²) in [6, 6.07) is -0.399. The number of methoxy groups -OCH3 is 1. The number of nitrogens with zero attached hydrogens (tertiary/aromatic N) is 1. The molecule has 19 heavy (non-hydrogen) atoms. The van der Waals surface area contributed by atoms with Crippen LogP contribution in [0.4, 0.5) is 0 Å². The monoisotopic (exact) mass is 269 g/mol. The molecule has 0 spiro atoms. The maximum Gasteiger partial charge on any atom is 0.328 e. The van der Waals surface area contributed by atoms with Crippen molar-refractivity contribution >= 4 is 11.9 Å². The van der Waals surface area contributed by atoms with E-state index in [1.165, 1.54) is 7.11 Å². The number of rotatable bonds is 3. The van der Waals surface area contributed by atoms with Gasteiger partial charge < -0.3 is 14.4 Å². The van der Waals surface area contributed by atoms with Gasteiger partial charge >= 0.3 is 5.97 Å². The molecule has 1 amide bonds. The van der Waals surface area contributed by atoms with Crippen molar-refractivity contribution < 1.29 is 19.1 Å². The second-order valence-electron chi connectivity index (χ2n) is 5.28. The zero-order valence-corrected chi connectivity index (χ0v) is 11.8. The van der Waals surface area contributed by atoms with Gasteiger partial charge in [0.15, 0.2) is 0 Å². The van der Waals surface area contributed by atoms with Crippen molar-refractivity contribution in [3.63, 3.8) is 0 Å². The van der Waals surface area contributed by atoms with Crippen molar-refractivity contribution in [3.8, 4) is 0 Å². The predicted octanol–water partition coefficient (Wildman–Crippen LogP) is 1.36. The minimum Gasteiger partial charge on any atom is -0.467 e. The summed E-state index contributed by atoms with van der Waals surface area (Å²) < 4.78 is 10.4. The van der Waals surface area contributed by atoms with E-state index in [4.69, 9.17) is 9.47 Å². The van der Waals surface area contributed by atoms with Crippen molar-refractivity contribution in [2.24, 2.45) is 5.92 Å². The predicted molar refractivity (Wildman–Crippen MR) is 69.5 cm³/mol. The fourth-order valence-electron chi connectivity index (χ4n) is 3.12. The fourth-order valence-corrected chi connectivity index (χ4v) is 3.12. The third-order valence-electron chi connectivity index (χ3n) is 4.19. The van der Waals surface area contributed by atoms with Crippen molar-refractivity contribution in [3.05, 3.63) is 0 Å². The van der Waals surface area contributed by atoms with Gasteiger partial charge in [-0.2, -0.15) is 0 Å². The molecule has 0 radical (unpaired) electrons. The molecule has 0 aromatic carbocycles. The van der Waals surface area contributed by atoms with Crippen LogP contribution in [0.1, 0.15) is 39.0 Å². The molecule has 2 unspecified atom stereocenters. The zero-order chi connectivity index (χ0) is 13.8. The van der Waals surface area contributed by atoms with E-state index < -0.39 is 6.04 Å². The molecule has 2 aliphatic heterocycles. The van der Waals surface area contributed by atoms with Gasteiger partial charge in [-0.25, -0.2) is 4.79 Å². The van der Waals surface area contributed by atoms with Gasteiger partial charge in [0.1, 0.15) is 6.04 Å². The third-order valence-corrected chi connectivity index (χ3v) is 4.19. The molecule has 0 N–H and O–H groups in total. The largest absolute Gasteiger partial charge is 0.467 e. The van der Waals surface area contributed by atoms with Gasteiger partial charge in [-0.15, -0.1) is 0 Å². The van der Waals surface area contributed by atoms with Crippen LogP contribution in [0.5, 0.6) is 0 Å². The van der Waals surface area contributed by atoms with E-state index in [1.54, 1.807) is 4.90 Å². The summed E-state index contributed by atoms with van der Waals surface area (Å²) in [5.41, 5.74) is 0. The number of piperidine rings is 1. The van der Waals surface area contributed by atoms with Gasteiger partial charge in [0.2, 0.25) is 5.91 Å². The topological polar surface area (TPSA) is 55.8 Å². The molecule has 2 heterocycles. The number of esters is 1. The first-order valence-electron chi connectivity index (χ1n) is 7.19. The first-order valence-corrected chi connectivity index (χ1v) is 7.19. The number of hydrogen-bond acceptors (Lipinski definition) is 4. The van der Waals surface area contributed by atoms with Crippen LogP contribution in [0, 0.1) is 5.92 Å². The van der Waals surface area contributed by atoms with Crippen molar-refractivity contribution in [2.75, 3.05) is 20.3 Å². The molecule has 2 rings (SSSR count). The Morgan fingerprint density at radius 1 is 1.32 bits per heavy atom. The first kappa shape index (κ1) is 14.3. The molecule has 0 saturated carbocycles. The summed E-state index contributed by atoms with van der Waals surface area (Å²) >= 11 is 0. The molecule has 2 fully saturated rings. The van der Waals surface area contributed by atoms with E-state index in [9.17, 15) is 9.59 Å². The molecular formula is C14H23NO4. The second kappa shape index (κ2) is 6.37. The minimum atomic E-state index is -0.399. The van der Waals surface area contributed by atoms with Crippen LogP contribution in [0.2, 0.25) is 0 Å². The molecule has 5 heteroatoms. The van der Waals surface area contributed by atoms with Crippen LogP contribution in [0.15, 0.2) is 0 Å². The van der Waals surface area contributed by atoms with Crippen molar-refractivity contribution in [1.82, 2.24) is 4.90 Å². The van der Waals surface area contributed by atoms with Gasteiger partial charge in [0, 0.05) is 13.2 Å². The van der Waals surface area contributed by atoms with E-state index in [-0.39, 0.29) is 23.9 Å². The van der Waals surface area contributed by atoms with Crippen LogP contribution >= 0.6 is 0 Å². The molecule has 0 aromatic heterocycles. The highest BCUT2D eigenvalue weighted by molar-refractivity contribution is 5.86. The Hall–Kier alpha value is -1.10. The summed E-state index contributed by atoms with van der Waals surface area (Å²) in [4.78, 5) is 26.2. The van der Waals surface area contributed by atoms with Gasteiger partial charge in [-0.05, 0) is 32.1 Å². The lowest BCUT2D eigenvalue weighted by Crippen LogP contribution is -2.51. The maximum atomic E-state index is 12.6. The number of likely N-dealkylation sites (tertiary alicyclic amines) is 1. The molecular weight excluding hydrogens is 246 g/mol. The Morgan fingerprint density at radius 3 is 2.79 bits per heavy atom. The standard InChI is InChI=1S/C14H23NO4/c1-3-12-10(7-9-19-12)13(16)15-8-5-4-6-11(15)14(17)18-2/h10-12H,3-9H2,1-2H3/t10?,11-,12?/m1/s1. The Labute approximate surface area is 114 Å². The Bertz CT molecular complexity index is 344. The van der Waals surface area contributed by atoms with Crippen LogP contribution in [-0.2, 0) is 19.1 Å². The minimum absolute atomic E-state index is 0.00715. The molecule has 108 valence electrons. The number of carbonyl (C=O) groups is 2. The van der Waals surface area contributed by atoms with Gasteiger partial charge in [0.05, 0.1) is 19.1 Å². The Morgan fingerprint density at radius 2 is 2.11 bits per heavy atom. The summed E-state index contributed by atoms with van der Waals surface area (Å²) in [5, 5.41) is 0. The fraction of sp³-hybridized carbons (Fsp3) is 0.857. The highest BCUT2D eigenvalue weighted by atomic mass is 16.5. The van der Waals surface area contributed by atoms with Crippen molar-refractivity contribution in [2.45, 2.75) is 51.2 Å². The third kappa shape index (κ3) is 2.91. The van der Waals surface area contributed by atoms with Gasteiger partial charge in [-0.3, -0.25) is 4.79 Å². The lowest BCUT2D eigenvalue weighted by Gasteiger charge is -2.36. The summed E-state index contributed by atoms with van der Waals surface area (Å²) in [6.45, 7) is 3.33. The molecule has 0 aliphatic carbocycles. The lowest BCUT2D eigenvalue weighted by molar-refractivity contribution is -0.157. The van der Waals surface area contributed by atoms with Crippen LogP contribution < -0.4 is 0 Å². The maximum absolute atomic E-state index is 12.6. The number of ether oxygens (including phenoxy) is 2. The van der Waals surface area contributed by atoms with E-state index in [0.717, 1.165) is 25.7 Å².